The maximum atomic E-state index is 12.9. The standard InChI is InChI=1S/C22H20FN3O2/c23-19-8-6-16(7-9-19)10-12-25-21(27)18-11-13-24-20(14-18)22(28)26-15-17-4-2-1-3-5-17/h1-9,11,13-14H,10,12,15H2,(H,25,27)(H,26,28). The van der Waals surface area contributed by atoms with Gasteiger partial charge in [-0.25, -0.2) is 4.39 Å². The summed E-state index contributed by atoms with van der Waals surface area (Å²) in [6, 6.07) is 18.7. The predicted molar refractivity (Wildman–Crippen MR) is 104 cm³/mol. The SMILES string of the molecule is O=C(NCCc1ccc(F)cc1)c1ccnc(C(=O)NCc2ccccc2)c1. The Balaban J connectivity index is 1.53. The number of halogens is 1. The Morgan fingerprint density at radius 1 is 0.857 bits per heavy atom. The second-order valence-electron chi connectivity index (χ2n) is 6.23. The molecule has 0 radical (unpaired) electrons. The van der Waals surface area contributed by atoms with Crippen molar-refractivity contribution in [3.63, 3.8) is 0 Å². The van der Waals surface area contributed by atoms with Gasteiger partial charge in [0, 0.05) is 24.8 Å². The molecule has 0 aliphatic carbocycles. The number of hydrogen-bond acceptors (Lipinski definition) is 3. The van der Waals surface area contributed by atoms with Crippen molar-refractivity contribution >= 4 is 11.8 Å². The van der Waals surface area contributed by atoms with E-state index in [1.165, 1.54) is 24.4 Å². The molecule has 3 rings (SSSR count). The van der Waals surface area contributed by atoms with Gasteiger partial charge in [-0.2, -0.15) is 0 Å². The van der Waals surface area contributed by atoms with Crippen LogP contribution in [-0.4, -0.2) is 23.3 Å². The minimum Gasteiger partial charge on any atom is -0.352 e. The summed E-state index contributed by atoms with van der Waals surface area (Å²) in [5, 5.41) is 5.58. The van der Waals surface area contributed by atoms with Gasteiger partial charge >= 0.3 is 0 Å². The molecule has 2 aromatic carbocycles. The van der Waals surface area contributed by atoms with Crippen LogP contribution in [0.25, 0.3) is 0 Å². The number of pyridine rings is 1. The minimum atomic E-state index is -0.343. The van der Waals surface area contributed by atoms with Crippen LogP contribution < -0.4 is 10.6 Å². The first kappa shape index (κ1) is 19.2. The van der Waals surface area contributed by atoms with E-state index < -0.39 is 0 Å². The van der Waals surface area contributed by atoms with Gasteiger partial charge in [-0.05, 0) is 41.8 Å². The molecular formula is C22H20FN3O2. The maximum Gasteiger partial charge on any atom is 0.270 e. The Labute approximate surface area is 162 Å². The second-order valence-corrected chi connectivity index (χ2v) is 6.23. The lowest BCUT2D eigenvalue weighted by molar-refractivity contribution is 0.0946. The van der Waals surface area contributed by atoms with E-state index in [0.29, 0.717) is 25.1 Å². The average molecular weight is 377 g/mol. The van der Waals surface area contributed by atoms with Gasteiger partial charge in [0.2, 0.25) is 0 Å². The summed E-state index contributed by atoms with van der Waals surface area (Å²) in [5.41, 5.74) is 2.45. The van der Waals surface area contributed by atoms with E-state index in [-0.39, 0.29) is 23.3 Å². The van der Waals surface area contributed by atoms with Crippen LogP contribution in [0.15, 0.2) is 72.9 Å². The molecule has 0 unspecified atom stereocenters. The molecular weight excluding hydrogens is 357 g/mol. The number of carbonyl (C=O) groups is 2. The highest BCUT2D eigenvalue weighted by Crippen LogP contribution is 2.05. The molecule has 0 atom stereocenters. The number of nitrogens with zero attached hydrogens (tertiary/aromatic N) is 1. The molecule has 5 nitrogen and oxygen atoms in total. The van der Waals surface area contributed by atoms with Gasteiger partial charge in [-0.1, -0.05) is 42.5 Å². The summed E-state index contributed by atoms with van der Waals surface area (Å²) < 4.78 is 12.9. The molecule has 2 amide bonds. The van der Waals surface area contributed by atoms with E-state index in [4.69, 9.17) is 0 Å². The molecule has 6 heteroatoms. The molecule has 0 spiro atoms. The lowest BCUT2D eigenvalue weighted by Crippen LogP contribution is -2.27. The summed E-state index contributed by atoms with van der Waals surface area (Å²) in [6.07, 6.45) is 2.02. The normalized spacial score (nSPS) is 10.3. The van der Waals surface area contributed by atoms with E-state index >= 15 is 0 Å². The van der Waals surface area contributed by atoms with Gasteiger partial charge in [0.05, 0.1) is 0 Å². The van der Waals surface area contributed by atoms with Crippen molar-refractivity contribution in [2.75, 3.05) is 6.54 Å². The maximum absolute atomic E-state index is 12.9. The minimum absolute atomic E-state index is 0.183. The van der Waals surface area contributed by atoms with Crippen LogP contribution in [-0.2, 0) is 13.0 Å². The quantitative estimate of drug-likeness (QED) is 0.665. The fourth-order valence-corrected chi connectivity index (χ4v) is 2.64. The monoisotopic (exact) mass is 377 g/mol. The van der Waals surface area contributed by atoms with E-state index in [0.717, 1.165) is 11.1 Å². The Morgan fingerprint density at radius 3 is 2.36 bits per heavy atom. The first-order valence-electron chi connectivity index (χ1n) is 8.92. The summed E-state index contributed by atoms with van der Waals surface area (Å²) in [5.74, 6) is -0.922. The number of rotatable bonds is 7. The zero-order valence-electron chi connectivity index (χ0n) is 15.2. The third-order valence-corrected chi connectivity index (χ3v) is 4.16. The Kier molecular flexibility index (Phi) is 6.46. The summed E-state index contributed by atoms with van der Waals surface area (Å²) in [6.45, 7) is 0.789. The highest BCUT2D eigenvalue weighted by Gasteiger charge is 2.11. The molecule has 0 bridgehead atoms. The largest absolute Gasteiger partial charge is 0.352 e. The number of nitrogens with one attached hydrogen (secondary N) is 2. The highest BCUT2D eigenvalue weighted by atomic mass is 19.1. The third-order valence-electron chi connectivity index (χ3n) is 4.16. The van der Waals surface area contributed by atoms with Gasteiger partial charge < -0.3 is 10.6 Å². The molecule has 3 aromatic rings. The fraction of sp³-hybridized carbons (Fsp3) is 0.136. The molecule has 28 heavy (non-hydrogen) atoms. The van der Waals surface area contributed by atoms with Crippen molar-refractivity contribution in [3.8, 4) is 0 Å². The third kappa shape index (κ3) is 5.48. The van der Waals surface area contributed by atoms with Gasteiger partial charge in [-0.3, -0.25) is 14.6 Å². The van der Waals surface area contributed by atoms with E-state index in [9.17, 15) is 14.0 Å². The first-order chi connectivity index (χ1) is 13.6. The average Bonchev–Trinajstić information content (AvgIpc) is 2.74. The molecule has 0 saturated carbocycles. The van der Waals surface area contributed by atoms with Gasteiger partial charge in [0.1, 0.15) is 11.5 Å². The summed E-state index contributed by atoms with van der Waals surface area (Å²) >= 11 is 0. The van der Waals surface area contributed by atoms with Crippen LogP contribution in [0.1, 0.15) is 32.0 Å². The molecule has 0 aliphatic heterocycles. The van der Waals surface area contributed by atoms with Crippen LogP contribution in [0.2, 0.25) is 0 Å². The van der Waals surface area contributed by atoms with Crippen molar-refractivity contribution in [3.05, 3.63) is 101 Å². The second kappa shape index (κ2) is 9.41. The lowest BCUT2D eigenvalue weighted by atomic mass is 10.1. The molecule has 0 saturated heterocycles. The van der Waals surface area contributed by atoms with Crippen molar-refractivity contribution in [2.45, 2.75) is 13.0 Å². The van der Waals surface area contributed by atoms with Crippen molar-refractivity contribution in [1.82, 2.24) is 15.6 Å². The van der Waals surface area contributed by atoms with Gasteiger partial charge in [0.15, 0.2) is 0 Å². The van der Waals surface area contributed by atoms with E-state index in [1.54, 1.807) is 18.2 Å². The van der Waals surface area contributed by atoms with Crippen molar-refractivity contribution in [1.29, 1.82) is 0 Å². The molecule has 1 aromatic heterocycles. The van der Waals surface area contributed by atoms with Crippen molar-refractivity contribution < 1.29 is 14.0 Å². The topological polar surface area (TPSA) is 71.1 Å². The van der Waals surface area contributed by atoms with Crippen LogP contribution >= 0.6 is 0 Å². The zero-order chi connectivity index (χ0) is 19.8. The molecule has 2 N–H and O–H groups in total. The molecule has 0 fully saturated rings. The molecule has 0 aliphatic rings. The predicted octanol–water partition coefficient (Wildman–Crippen LogP) is 3.12. The number of hydrogen-bond donors (Lipinski definition) is 2. The van der Waals surface area contributed by atoms with Crippen LogP contribution in [0.4, 0.5) is 4.39 Å². The number of benzene rings is 2. The zero-order valence-corrected chi connectivity index (χ0v) is 15.2. The van der Waals surface area contributed by atoms with Crippen LogP contribution in [0.3, 0.4) is 0 Å². The van der Waals surface area contributed by atoms with E-state index in [1.807, 2.05) is 30.3 Å². The van der Waals surface area contributed by atoms with Gasteiger partial charge in [-0.15, -0.1) is 0 Å². The van der Waals surface area contributed by atoms with E-state index in [2.05, 4.69) is 15.6 Å². The Bertz CT molecular complexity index is 944. The first-order valence-corrected chi connectivity index (χ1v) is 8.92. The van der Waals surface area contributed by atoms with Crippen LogP contribution in [0.5, 0.6) is 0 Å². The number of aromatic nitrogens is 1. The van der Waals surface area contributed by atoms with Crippen molar-refractivity contribution in [2.24, 2.45) is 0 Å². The summed E-state index contributed by atoms with van der Waals surface area (Å²) in [7, 11) is 0. The van der Waals surface area contributed by atoms with Gasteiger partial charge in [0.25, 0.3) is 11.8 Å². The Morgan fingerprint density at radius 2 is 1.61 bits per heavy atom. The highest BCUT2D eigenvalue weighted by molar-refractivity contribution is 5.98. The molecule has 142 valence electrons. The molecule has 1 heterocycles. The smallest absolute Gasteiger partial charge is 0.270 e. The lowest BCUT2D eigenvalue weighted by Gasteiger charge is -2.08. The Hall–Kier alpha value is -3.54. The summed E-state index contributed by atoms with van der Waals surface area (Å²) in [4.78, 5) is 28.6. The number of amides is 2. The number of carbonyl (C=O) groups excluding carboxylic acids is 2. The van der Waals surface area contributed by atoms with Crippen LogP contribution in [0, 0.1) is 5.82 Å². The fourth-order valence-electron chi connectivity index (χ4n) is 2.64.